The van der Waals surface area contributed by atoms with Gasteiger partial charge in [0.1, 0.15) is 18.6 Å². The van der Waals surface area contributed by atoms with Gasteiger partial charge in [0.05, 0.1) is 18.0 Å². The van der Waals surface area contributed by atoms with Crippen LogP contribution in [0.4, 0.5) is 0 Å². The number of aldehydes is 2. The maximum Gasteiger partial charge on any atom is 0.311 e. The van der Waals surface area contributed by atoms with Crippen molar-refractivity contribution in [2.24, 2.45) is 5.92 Å². The molecule has 10 nitrogen and oxygen atoms in total. The molecule has 1 aliphatic carbocycles. The number of likely N-dealkylation sites (N-methyl/N-ethyl adjacent to an activating group) is 1. The second-order valence-electron chi connectivity index (χ2n) is 5.74. The van der Waals surface area contributed by atoms with Crippen LogP contribution in [0.15, 0.2) is 0 Å². The summed E-state index contributed by atoms with van der Waals surface area (Å²) in [6.07, 6.45) is 0.761. The minimum Gasteiger partial charge on any atom is -0.455 e. The molecule has 1 saturated carbocycles. The summed E-state index contributed by atoms with van der Waals surface area (Å²) in [7, 11) is 1.51. The monoisotopic (exact) mass is 355 g/mol. The Morgan fingerprint density at radius 3 is 2.28 bits per heavy atom. The van der Waals surface area contributed by atoms with E-state index in [-0.39, 0.29) is 36.8 Å². The van der Waals surface area contributed by atoms with Crippen molar-refractivity contribution in [3.8, 4) is 0 Å². The van der Waals surface area contributed by atoms with Crippen LogP contribution in [-0.4, -0.2) is 72.9 Å². The highest BCUT2D eigenvalue weighted by Gasteiger charge is 2.49. The molecule has 0 aliphatic heterocycles. The van der Waals surface area contributed by atoms with Crippen LogP contribution in [0.3, 0.4) is 0 Å². The number of ether oxygens (including phenoxy) is 1. The second-order valence-corrected chi connectivity index (χ2v) is 5.74. The molecule has 1 aliphatic rings. The Labute approximate surface area is 144 Å². The topological polar surface area (TPSA) is 139 Å². The van der Waals surface area contributed by atoms with Gasteiger partial charge >= 0.3 is 5.97 Å². The van der Waals surface area contributed by atoms with Crippen molar-refractivity contribution in [3.63, 3.8) is 0 Å². The van der Waals surface area contributed by atoms with E-state index >= 15 is 0 Å². The molecule has 138 valence electrons. The Balaban J connectivity index is 2.62. The number of hydrogen-bond donors (Lipinski definition) is 2. The molecular weight excluding hydrogens is 334 g/mol. The molecule has 0 saturated heterocycles. The molecule has 0 spiro atoms. The summed E-state index contributed by atoms with van der Waals surface area (Å²) >= 11 is 0. The molecule has 10 heteroatoms. The minimum atomic E-state index is -1.30. The fourth-order valence-corrected chi connectivity index (χ4v) is 2.60. The molecule has 3 amide bonds. The molecule has 1 rings (SSSR count). The third-order valence-corrected chi connectivity index (χ3v) is 3.93. The maximum atomic E-state index is 12.1. The summed E-state index contributed by atoms with van der Waals surface area (Å²) < 4.78 is 4.88. The molecule has 2 N–H and O–H groups in total. The average Bonchev–Trinajstić information content (AvgIpc) is 2.53. The normalized spacial score (nSPS) is 21.5. The van der Waals surface area contributed by atoms with E-state index in [1.54, 1.807) is 0 Å². The van der Waals surface area contributed by atoms with Crippen LogP contribution in [0.25, 0.3) is 0 Å². The van der Waals surface area contributed by atoms with Gasteiger partial charge in [-0.15, -0.1) is 0 Å². The van der Waals surface area contributed by atoms with Gasteiger partial charge in [-0.1, -0.05) is 0 Å². The molecule has 25 heavy (non-hydrogen) atoms. The van der Waals surface area contributed by atoms with Crippen LogP contribution in [0.1, 0.15) is 20.3 Å². The van der Waals surface area contributed by atoms with Crippen molar-refractivity contribution in [2.75, 3.05) is 13.7 Å². The number of rotatable bonds is 8. The van der Waals surface area contributed by atoms with Gasteiger partial charge in [0.25, 0.3) is 5.91 Å². The van der Waals surface area contributed by atoms with E-state index in [1.807, 2.05) is 0 Å². The summed E-state index contributed by atoms with van der Waals surface area (Å²) in [6, 6.07) is -2.25. The summed E-state index contributed by atoms with van der Waals surface area (Å²) in [5, 5.41) is 4.72. The van der Waals surface area contributed by atoms with Crippen molar-refractivity contribution in [1.82, 2.24) is 15.5 Å². The summed E-state index contributed by atoms with van der Waals surface area (Å²) in [4.78, 5) is 68.6. The van der Waals surface area contributed by atoms with Gasteiger partial charge < -0.3 is 29.9 Å². The lowest BCUT2D eigenvalue weighted by molar-refractivity contribution is -0.162. The van der Waals surface area contributed by atoms with E-state index in [2.05, 4.69) is 10.6 Å². The van der Waals surface area contributed by atoms with Gasteiger partial charge in [-0.2, -0.15) is 0 Å². The zero-order valence-electron chi connectivity index (χ0n) is 14.2. The Bertz CT molecular complexity index is 569. The van der Waals surface area contributed by atoms with Crippen LogP contribution in [-0.2, 0) is 33.5 Å². The predicted octanol–water partition coefficient (Wildman–Crippen LogP) is -2.22. The highest BCUT2D eigenvalue weighted by atomic mass is 16.5. The van der Waals surface area contributed by atoms with E-state index in [4.69, 9.17) is 4.74 Å². The van der Waals surface area contributed by atoms with E-state index in [9.17, 15) is 28.8 Å². The first-order valence-corrected chi connectivity index (χ1v) is 7.58. The first-order chi connectivity index (χ1) is 11.7. The highest BCUT2D eigenvalue weighted by molar-refractivity contribution is 5.91. The van der Waals surface area contributed by atoms with Crippen LogP contribution in [0.5, 0.6) is 0 Å². The maximum absolute atomic E-state index is 12.1. The number of nitrogens with zero attached hydrogens (tertiary/aromatic N) is 1. The number of esters is 1. The highest BCUT2D eigenvalue weighted by Crippen LogP contribution is 2.33. The van der Waals surface area contributed by atoms with Crippen LogP contribution in [0.2, 0.25) is 0 Å². The first kappa shape index (κ1) is 20.3. The molecule has 0 aromatic heterocycles. The number of carbonyl (C=O) groups is 6. The molecule has 3 atom stereocenters. The minimum absolute atomic E-state index is 0.245. The molecule has 0 heterocycles. The Hall–Kier alpha value is -2.78. The molecule has 0 bridgehead atoms. The zero-order chi connectivity index (χ0) is 19.1. The first-order valence-electron chi connectivity index (χ1n) is 7.58. The Kier molecular flexibility index (Phi) is 7.22. The van der Waals surface area contributed by atoms with Gasteiger partial charge in [-0.25, -0.2) is 0 Å². The van der Waals surface area contributed by atoms with Crippen molar-refractivity contribution in [3.05, 3.63) is 0 Å². The third-order valence-electron chi connectivity index (χ3n) is 3.93. The Morgan fingerprint density at radius 1 is 1.20 bits per heavy atom. The van der Waals surface area contributed by atoms with Crippen LogP contribution >= 0.6 is 0 Å². The quantitative estimate of drug-likeness (QED) is 0.286. The van der Waals surface area contributed by atoms with Crippen LogP contribution < -0.4 is 10.6 Å². The second kappa shape index (κ2) is 8.90. The van der Waals surface area contributed by atoms with Gasteiger partial charge in [0.2, 0.25) is 11.8 Å². The third kappa shape index (κ3) is 5.37. The van der Waals surface area contributed by atoms with Crippen molar-refractivity contribution in [2.45, 2.75) is 38.4 Å². The lowest BCUT2D eigenvalue weighted by atomic mass is 9.73. The summed E-state index contributed by atoms with van der Waals surface area (Å²) in [5.74, 6) is -2.76. The molecule has 3 unspecified atom stereocenters. The molecular formula is C15H21N3O7. The fourth-order valence-electron chi connectivity index (χ4n) is 2.60. The predicted molar refractivity (Wildman–Crippen MR) is 83.0 cm³/mol. The van der Waals surface area contributed by atoms with Crippen molar-refractivity contribution < 1.29 is 33.5 Å². The van der Waals surface area contributed by atoms with Crippen molar-refractivity contribution in [1.29, 1.82) is 0 Å². The molecule has 0 aromatic carbocycles. The number of carbonyl (C=O) groups excluding carboxylic acids is 6. The lowest BCUT2D eigenvalue weighted by Gasteiger charge is -2.47. The SMILES string of the molecule is CC(=O)NC1CC(C(=O)OCC(=O)NC(C=O)C=O)C1N(C)C(C)=O. The van der Waals surface area contributed by atoms with E-state index in [0.717, 1.165) is 0 Å². The zero-order valence-corrected chi connectivity index (χ0v) is 14.2. The standard InChI is InChI=1S/C15H21N3O7/c1-8(21)16-12-4-11(14(12)18(3)9(2)22)15(24)25-7-13(23)17-10(5-19)6-20/h5-6,10-12,14H,4,7H2,1-3H3,(H,16,21)(H,17,23). The average molecular weight is 355 g/mol. The van der Waals surface area contributed by atoms with Crippen LogP contribution in [0, 0.1) is 5.92 Å². The molecule has 1 fully saturated rings. The number of nitrogens with one attached hydrogen (secondary N) is 2. The van der Waals surface area contributed by atoms with Gasteiger partial charge in [-0.05, 0) is 6.42 Å². The van der Waals surface area contributed by atoms with Gasteiger partial charge in [0.15, 0.2) is 6.61 Å². The molecule has 0 radical (unpaired) electrons. The van der Waals surface area contributed by atoms with Gasteiger partial charge in [0, 0.05) is 20.9 Å². The van der Waals surface area contributed by atoms with E-state index < -0.39 is 36.5 Å². The Morgan fingerprint density at radius 2 is 1.80 bits per heavy atom. The number of amides is 3. The molecule has 0 aromatic rings. The van der Waals surface area contributed by atoms with E-state index in [1.165, 1.54) is 25.8 Å². The smallest absolute Gasteiger partial charge is 0.311 e. The number of hydrogen-bond acceptors (Lipinski definition) is 7. The summed E-state index contributed by atoms with van der Waals surface area (Å²) in [6.45, 7) is 2.00. The fraction of sp³-hybridized carbons (Fsp3) is 0.600. The van der Waals surface area contributed by atoms with E-state index in [0.29, 0.717) is 0 Å². The van der Waals surface area contributed by atoms with Crippen molar-refractivity contribution >= 4 is 36.3 Å². The lowest BCUT2D eigenvalue weighted by Crippen LogP contribution is -2.65. The largest absolute Gasteiger partial charge is 0.455 e. The summed E-state index contributed by atoms with van der Waals surface area (Å²) in [5.41, 5.74) is 0. The van der Waals surface area contributed by atoms with Gasteiger partial charge in [-0.3, -0.25) is 19.2 Å².